The number of nitrogens with one attached hydrogen (secondary N) is 5. The lowest BCUT2D eigenvalue weighted by atomic mass is 10.0. The van der Waals surface area contributed by atoms with Crippen molar-refractivity contribution in [3.05, 3.63) is 72.3 Å². The zero-order chi connectivity index (χ0) is 29.1. The molecule has 0 aliphatic carbocycles. The van der Waals surface area contributed by atoms with Crippen LogP contribution in [0.5, 0.6) is 0 Å². The number of rotatable bonds is 15. The Hall–Kier alpha value is -5.05. The molecule has 15 heteroatoms. The van der Waals surface area contributed by atoms with Crippen LogP contribution in [0, 0.1) is 0 Å². The maximum Gasteiger partial charge on any atom is 0.326 e. The predicted molar refractivity (Wildman–Crippen MR) is 140 cm³/mol. The molecule has 0 radical (unpaired) electrons. The molecule has 2 aromatic heterocycles. The third kappa shape index (κ3) is 9.05. The predicted octanol–water partition coefficient (Wildman–Crippen LogP) is -2.10. The van der Waals surface area contributed by atoms with Crippen LogP contribution in [0.4, 0.5) is 0 Å². The molecule has 212 valence electrons. The van der Waals surface area contributed by atoms with Crippen molar-refractivity contribution < 1.29 is 29.1 Å². The van der Waals surface area contributed by atoms with Gasteiger partial charge < -0.3 is 42.5 Å². The molecule has 40 heavy (non-hydrogen) atoms. The Labute approximate surface area is 228 Å². The number of hydrogen-bond acceptors (Lipinski definition) is 8. The number of nitrogens with zero attached hydrogens (tertiary/aromatic N) is 2. The minimum absolute atomic E-state index is 0.00855. The Kier molecular flexibility index (Phi) is 10.5. The number of nitrogens with two attached hydrogens (primary N) is 2. The van der Waals surface area contributed by atoms with E-state index >= 15 is 0 Å². The van der Waals surface area contributed by atoms with Crippen LogP contribution in [0.3, 0.4) is 0 Å². The second-order valence-corrected chi connectivity index (χ2v) is 9.05. The second kappa shape index (κ2) is 14.2. The van der Waals surface area contributed by atoms with Crippen LogP contribution in [0.15, 0.2) is 55.4 Å². The maximum atomic E-state index is 13.3. The van der Waals surface area contributed by atoms with E-state index in [0.717, 1.165) is 0 Å². The molecular weight excluding hydrogens is 522 g/mol. The van der Waals surface area contributed by atoms with E-state index in [-0.39, 0.29) is 19.3 Å². The number of carboxylic acids is 1. The van der Waals surface area contributed by atoms with Crippen molar-refractivity contribution in [1.82, 2.24) is 35.9 Å². The molecule has 0 saturated carbocycles. The number of hydrogen-bond donors (Lipinski definition) is 8. The number of aromatic nitrogens is 4. The number of benzene rings is 1. The number of primary amides is 1. The summed E-state index contributed by atoms with van der Waals surface area (Å²) in [4.78, 5) is 76.0. The van der Waals surface area contributed by atoms with E-state index in [1.165, 1.54) is 25.0 Å². The standard InChI is InChI=1S/C25H31N9O6/c26-17(7-15-10-28-12-30-15)22(36)32-19(9-21(27)35)24(38)33-18(6-14-4-2-1-3-5-14)23(37)34-20(25(39)40)8-16-11-29-13-31-16/h1-5,10-13,17-20H,6-9,26H2,(H2,27,35)(H,28,30)(H,29,31)(H,32,36)(H,33,38)(H,34,37)(H,39,40). The lowest BCUT2D eigenvalue weighted by molar-refractivity contribution is -0.142. The van der Waals surface area contributed by atoms with Gasteiger partial charge in [-0.25, -0.2) is 14.8 Å². The fourth-order valence-electron chi connectivity index (χ4n) is 3.84. The van der Waals surface area contributed by atoms with Crippen molar-refractivity contribution in [2.75, 3.05) is 0 Å². The average molecular weight is 554 g/mol. The highest BCUT2D eigenvalue weighted by atomic mass is 16.4. The Morgan fingerprint density at radius 1 is 0.775 bits per heavy atom. The van der Waals surface area contributed by atoms with Crippen LogP contribution >= 0.6 is 0 Å². The van der Waals surface area contributed by atoms with E-state index in [2.05, 4.69) is 35.9 Å². The quantitative estimate of drug-likeness (QED) is 0.102. The summed E-state index contributed by atoms with van der Waals surface area (Å²) in [5, 5.41) is 17.0. The fourth-order valence-corrected chi connectivity index (χ4v) is 3.84. The molecule has 0 spiro atoms. The molecule has 3 rings (SSSR count). The highest BCUT2D eigenvalue weighted by Gasteiger charge is 2.31. The van der Waals surface area contributed by atoms with Gasteiger partial charge in [-0.2, -0.15) is 0 Å². The second-order valence-electron chi connectivity index (χ2n) is 9.05. The van der Waals surface area contributed by atoms with E-state index in [1.807, 2.05) is 0 Å². The molecule has 10 N–H and O–H groups in total. The van der Waals surface area contributed by atoms with Gasteiger partial charge in [0.1, 0.15) is 18.1 Å². The number of H-pyrrole nitrogens is 2. The number of carbonyl (C=O) groups is 5. The molecular formula is C25H31N9O6. The molecule has 0 bridgehead atoms. The molecule has 0 fully saturated rings. The van der Waals surface area contributed by atoms with E-state index < -0.39 is 60.2 Å². The van der Waals surface area contributed by atoms with Crippen LogP contribution in [0.2, 0.25) is 0 Å². The van der Waals surface area contributed by atoms with Crippen molar-refractivity contribution in [3.8, 4) is 0 Å². The number of carboxylic acid groups (broad SMARTS) is 1. The first kappa shape index (κ1) is 29.5. The van der Waals surface area contributed by atoms with Crippen LogP contribution < -0.4 is 27.4 Å². The minimum Gasteiger partial charge on any atom is -0.480 e. The van der Waals surface area contributed by atoms with Crippen molar-refractivity contribution in [3.63, 3.8) is 0 Å². The van der Waals surface area contributed by atoms with Crippen LogP contribution in [0.25, 0.3) is 0 Å². The molecule has 0 aliphatic heterocycles. The zero-order valence-electron chi connectivity index (χ0n) is 21.4. The number of imidazole rings is 2. The van der Waals surface area contributed by atoms with Gasteiger partial charge in [-0.15, -0.1) is 0 Å². The van der Waals surface area contributed by atoms with Crippen molar-refractivity contribution in [1.29, 1.82) is 0 Å². The van der Waals surface area contributed by atoms with Gasteiger partial charge in [-0.3, -0.25) is 19.2 Å². The Morgan fingerprint density at radius 2 is 1.32 bits per heavy atom. The summed E-state index contributed by atoms with van der Waals surface area (Å²) in [6.07, 6.45) is 5.15. The molecule has 0 aliphatic rings. The summed E-state index contributed by atoms with van der Waals surface area (Å²) in [7, 11) is 0. The Balaban J connectivity index is 1.75. The van der Waals surface area contributed by atoms with Crippen molar-refractivity contribution >= 4 is 29.6 Å². The third-order valence-corrected chi connectivity index (χ3v) is 5.88. The number of aliphatic carboxylic acids is 1. The summed E-state index contributed by atoms with van der Waals surface area (Å²) >= 11 is 0. The average Bonchev–Trinajstić information content (AvgIpc) is 3.62. The lowest BCUT2D eigenvalue weighted by Crippen LogP contribution is -2.58. The summed E-state index contributed by atoms with van der Waals surface area (Å²) in [5.41, 5.74) is 13.0. The fraction of sp³-hybridized carbons (Fsp3) is 0.320. The van der Waals surface area contributed by atoms with Gasteiger partial charge >= 0.3 is 5.97 Å². The van der Waals surface area contributed by atoms with Gasteiger partial charge in [0.2, 0.25) is 23.6 Å². The summed E-state index contributed by atoms with van der Waals surface area (Å²) in [6.45, 7) is 0. The molecule has 3 aromatic rings. The van der Waals surface area contributed by atoms with Gasteiger partial charge in [0.25, 0.3) is 0 Å². The number of aromatic amines is 2. The first-order valence-corrected chi connectivity index (χ1v) is 12.3. The topological polar surface area (TPSA) is 251 Å². The van der Waals surface area contributed by atoms with E-state index in [4.69, 9.17) is 11.5 Å². The number of amides is 4. The Bertz CT molecular complexity index is 1280. The van der Waals surface area contributed by atoms with Gasteiger partial charge in [-0.05, 0) is 5.56 Å². The van der Waals surface area contributed by atoms with Crippen LogP contribution in [-0.4, -0.2) is 78.8 Å². The summed E-state index contributed by atoms with van der Waals surface area (Å²) in [6, 6.07) is 3.59. The SMILES string of the molecule is NC(=O)CC(NC(=O)C(N)Cc1cnc[nH]1)C(=O)NC(Cc1ccccc1)C(=O)NC(Cc1cnc[nH]1)C(=O)O. The van der Waals surface area contributed by atoms with Gasteiger partial charge in [0, 0.05) is 43.0 Å². The highest BCUT2D eigenvalue weighted by Crippen LogP contribution is 2.07. The molecule has 15 nitrogen and oxygen atoms in total. The van der Waals surface area contributed by atoms with Crippen LogP contribution in [0.1, 0.15) is 23.4 Å². The lowest BCUT2D eigenvalue weighted by Gasteiger charge is -2.25. The highest BCUT2D eigenvalue weighted by molar-refractivity contribution is 5.96. The minimum atomic E-state index is -1.44. The monoisotopic (exact) mass is 553 g/mol. The van der Waals surface area contributed by atoms with E-state index in [0.29, 0.717) is 17.0 Å². The smallest absolute Gasteiger partial charge is 0.326 e. The molecule has 0 saturated heterocycles. The third-order valence-electron chi connectivity index (χ3n) is 5.88. The Morgan fingerprint density at radius 3 is 1.88 bits per heavy atom. The van der Waals surface area contributed by atoms with Crippen molar-refractivity contribution in [2.45, 2.75) is 49.9 Å². The maximum absolute atomic E-state index is 13.3. The first-order valence-electron chi connectivity index (χ1n) is 12.3. The first-order chi connectivity index (χ1) is 19.1. The van der Waals surface area contributed by atoms with Crippen molar-refractivity contribution in [2.24, 2.45) is 11.5 Å². The molecule has 1 aromatic carbocycles. The molecule has 2 heterocycles. The van der Waals surface area contributed by atoms with Crippen LogP contribution in [-0.2, 0) is 43.2 Å². The summed E-state index contributed by atoms with van der Waals surface area (Å²) in [5.74, 6) is -4.57. The summed E-state index contributed by atoms with van der Waals surface area (Å²) < 4.78 is 0. The van der Waals surface area contributed by atoms with Gasteiger partial charge in [0.05, 0.1) is 25.1 Å². The van der Waals surface area contributed by atoms with Gasteiger partial charge in [0.15, 0.2) is 0 Å². The number of carbonyl (C=O) groups excluding carboxylic acids is 4. The zero-order valence-corrected chi connectivity index (χ0v) is 21.4. The normalized spacial score (nSPS) is 13.8. The van der Waals surface area contributed by atoms with E-state index in [1.54, 1.807) is 30.3 Å². The molecule has 4 atom stereocenters. The molecule has 4 unspecified atom stereocenters. The molecule has 4 amide bonds. The van der Waals surface area contributed by atoms with Gasteiger partial charge in [-0.1, -0.05) is 30.3 Å². The van der Waals surface area contributed by atoms with E-state index in [9.17, 15) is 29.1 Å². The largest absolute Gasteiger partial charge is 0.480 e.